The van der Waals surface area contributed by atoms with Crippen LogP contribution in [0.25, 0.3) is 0 Å². The topological polar surface area (TPSA) is 55.8 Å². The molecular formula is C18H17ClF3NO4S. The van der Waals surface area contributed by atoms with E-state index in [4.69, 9.17) is 21.1 Å². The van der Waals surface area contributed by atoms with Gasteiger partial charge in [-0.3, -0.25) is 0 Å². The van der Waals surface area contributed by atoms with Crippen LogP contribution in [0, 0.1) is 0 Å². The second kappa shape index (κ2) is 7.81. The zero-order valence-electron chi connectivity index (χ0n) is 14.8. The molecule has 0 saturated carbocycles. The lowest BCUT2D eigenvalue weighted by molar-refractivity contribution is -0.139. The van der Waals surface area contributed by atoms with E-state index in [-0.39, 0.29) is 18.1 Å². The predicted molar refractivity (Wildman–Crippen MR) is 97.2 cm³/mol. The van der Waals surface area contributed by atoms with Crippen LogP contribution in [0.2, 0.25) is 5.02 Å². The SMILES string of the molecule is CCN(Cc1ccc2c(c1)OCCO2)S(=O)(=O)c1ccc(Cl)cc1C(F)(F)F. The van der Waals surface area contributed by atoms with E-state index in [1.165, 1.54) is 0 Å². The number of benzene rings is 2. The summed E-state index contributed by atoms with van der Waals surface area (Å²) in [5.74, 6) is 1.01. The molecule has 0 N–H and O–H groups in total. The predicted octanol–water partition coefficient (Wildman–Crippen LogP) is 4.34. The summed E-state index contributed by atoms with van der Waals surface area (Å²) in [6, 6.07) is 7.55. The fourth-order valence-electron chi connectivity index (χ4n) is 2.84. The summed E-state index contributed by atoms with van der Waals surface area (Å²) in [4.78, 5) is -0.830. The van der Waals surface area contributed by atoms with Crippen molar-refractivity contribution in [3.8, 4) is 11.5 Å². The third kappa shape index (κ3) is 4.21. The Morgan fingerprint density at radius 3 is 2.39 bits per heavy atom. The minimum Gasteiger partial charge on any atom is -0.486 e. The van der Waals surface area contributed by atoms with Crippen molar-refractivity contribution in [3.05, 3.63) is 52.5 Å². The number of ether oxygens (including phenoxy) is 2. The summed E-state index contributed by atoms with van der Waals surface area (Å²) in [5, 5.41) is -0.193. The van der Waals surface area contributed by atoms with E-state index in [9.17, 15) is 21.6 Å². The van der Waals surface area contributed by atoms with Gasteiger partial charge in [0, 0.05) is 18.1 Å². The maximum absolute atomic E-state index is 13.4. The highest BCUT2D eigenvalue weighted by Crippen LogP contribution is 2.37. The molecule has 0 aliphatic carbocycles. The van der Waals surface area contributed by atoms with Crippen molar-refractivity contribution in [2.24, 2.45) is 0 Å². The number of halogens is 4. The largest absolute Gasteiger partial charge is 0.486 e. The van der Waals surface area contributed by atoms with Gasteiger partial charge in [-0.1, -0.05) is 24.6 Å². The van der Waals surface area contributed by atoms with E-state index >= 15 is 0 Å². The summed E-state index contributed by atoms with van der Waals surface area (Å²) >= 11 is 5.65. The summed E-state index contributed by atoms with van der Waals surface area (Å²) in [6.45, 7) is 2.20. The van der Waals surface area contributed by atoms with Crippen LogP contribution in [0.4, 0.5) is 13.2 Å². The van der Waals surface area contributed by atoms with Crippen LogP contribution in [0.15, 0.2) is 41.3 Å². The van der Waals surface area contributed by atoms with E-state index < -0.39 is 26.7 Å². The van der Waals surface area contributed by atoms with Crippen LogP contribution in [-0.2, 0) is 22.7 Å². The Bertz CT molecular complexity index is 979. The monoisotopic (exact) mass is 435 g/mol. The first kappa shape index (κ1) is 20.8. The van der Waals surface area contributed by atoms with E-state index in [1.54, 1.807) is 25.1 Å². The van der Waals surface area contributed by atoms with E-state index in [1.807, 2.05) is 0 Å². The number of fused-ring (bicyclic) bond motifs is 1. The van der Waals surface area contributed by atoms with E-state index in [0.29, 0.717) is 36.3 Å². The van der Waals surface area contributed by atoms with Crippen LogP contribution in [0.5, 0.6) is 11.5 Å². The standard InChI is InChI=1S/C18H17ClF3NO4S/c1-2-23(11-12-3-5-15-16(9-12)27-8-7-26-15)28(24,25)17-6-4-13(19)10-14(17)18(20,21)22/h3-6,9-10H,2,7-8,11H2,1H3. The van der Waals surface area contributed by atoms with Gasteiger partial charge < -0.3 is 9.47 Å². The maximum atomic E-state index is 13.4. The van der Waals surface area contributed by atoms with Gasteiger partial charge in [0.25, 0.3) is 0 Å². The molecular weight excluding hydrogens is 419 g/mol. The fourth-order valence-corrected chi connectivity index (χ4v) is 4.65. The molecule has 1 aliphatic rings. The van der Waals surface area contributed by atoms with E-state index in [2.05, 4.69) is 0 Å². The Balaban J connectivity index is 1.96. The molecule has 28 heavy (non-hydrogen) atoms. The third-order valence-electron chi connectivity index (χ3n) is 4.18. The molecule has 152 valence electrons. The second-order valence-electron chi connectivity index (χ2n) is 6.05. The highest BCUT2D eigenvalue weighted by Gasteiger charge is 2.39. The zero-order valence-corrected chi connectivity index (χ0v) is 16.4. The minimum atomic E-state index is -4.86. The molecule has 1 heterocycles. The molecule has 0 aromatic heterocycles. The lowest BCUT2D eigenvalue weighted by atomic mass is 10.2. The molecule has 2 aromatic carbocycles. The number of nitrogens with zero attached hydrogens (tertiary/aromatic N) is 1. The van der Waals surface area contributed by atoms with Crippen molar-refractivity contribution in [3.63, 3.8) is 0 Å². The number of sulfonamides is 1. The Labute approximate surface area is 165 Å². The first-order valence-electron chi connectivity index (χ1n) is 8.38. The number of rotatable bonds is 5. The van der Waals surface area contributed by atoms with Crippen molar-refractivity contribution >= 4 is 21.6 Å². The Kier molecular flexibility index (Phi) is 5.79. The molecule has 10 heteroatoms. The van der Waals surface area contributed by atoms with Gasteiger partial charge in [-0.2, -0.15) is 17.5 Å². The number of alkyl halides is 3. The first-order chi connectivity index (χ1) is 13.1. The Morgan fingerprint density at radius 1 is 1.07 bits per heavy atom. The lowest BCUT2D eigenvalue weighted by Crippen LogP contribution is -2.32. The van der Waals surface area contributed by atoms with Gasteiger partial charge in [-0.25, -0.2) is 8.42 Å². The second-order valence-corrected chi connectivity index (χ2v) is 8.39. The molecule has 0 spiro atoms. The van der Waals surface area contributed by atoms with Gasteiger partial charge in [0.05, 0.1) is 10.5 Å². The average Bonchev–Trinajstić information content (AvgIpc) is 2.64. The first-order valence-corrected chi connectivity index (χ1v) is 10.2. The smallest absolute Gasteiger partial charge is 0.417 e. The molecule has 0 unspecified atom stereocenters. The highest BCUT2D eigenvalue weighted by molar-refractivity contribution is 7.89. The summed E-state index contributed by atoms with van der Waals surface area (Å²) < 4.78 is 77.9. The van der Waals surface area contributed by atoms with Gasteiger partial charge >= 0.3 is 6.18 Å². The number of hydrogen-bond acceptors (Lipinski definition) is 4. The molecule has 2 aromatic rings. The van der Waals surface area contributed by atoms with Crippen molar-refractivity contribution < 1.29 is 31.1 Å². The molecule has 0 atom stereocenters. The van der Waals surface area contributed by atoms with Crippen LogP contribution in [0.1, 0.15) is 18.1 Å². The normalized spacial score (nSPS) is 14.4. The van der Waals surface area contributed by atoms with Crippen LogP contribution in [-0.4, -0.2) is 32.5 Å². The van der Waals surface area contributed by atoms with Gasteiger partial charge in [0.2, 0.25) is 10.0 Å². The maximum Gasteiger partial charge on any atom is 0.417 e. The Hall–Kier alpha value is -1.97. The minimum absolute atomic E-state index is 0.0172. The van der Waals surface area contributed by atoms with E-state index in [0.717, 1.165) is 16.4 Å². The van der Waals surface area contributed by atoms with Crippen molar-refractivity contribution in [2.75, 3.05) is 19.8 Å². The summed E-state index contributed by atoms with van der Waals surface area (Å²) in [7, 11) is -4.42. The van der Waals surface area contributed by atoms with Crippen molar-refractivity contribution in [2.45, 2.75) is 24.5 Å². The fraction of sp³-hybridized carbons (Fsp3) is 0.333. The van der Waals surface area contributed by atoms with Gasteiger partial charge in [-0.05, 0) is 35.9 Å². The summed E-state index contributed by atoms with van der Waals surface area (Å²) in [5.41, 5.74) is -0.724. The third-order valence-corrected chi connectivity index (χ3v) is 6.40. The molecule has 0 saturated heterocycles. The molecule has 5 nitrogen and oxygen atoms in total. The number of hydrogen-bond donors (Lipinski definition) is 0. The quantitative estimate of drug-likeness (QED) is 0.701. The molecule has 0 amide bonds. The molecule has 1 aliphatic heterocycles. The van der Waals surface area contributed by atoms with Crippen molar-refractivity contribution in [1.82, 2.24) is 4.31 Å². The van der Waals surface area contributed by atoms with Crippen LogP contribution >= 0.6 is 11.6 Å². The lowest BCUT2D eigenvalue weighted by Gasteiger charge is -2.24. The zero-order chi connectivity index (χ0) is 20.5. The van der Waals surface area contributed by atoms with Gasteiger partial charge in [0.1, 0.15) is 13.2 Å². The van der Waals surface area contributed by atoms with Crippen LogP contribution in [0.3, 0.4) is 0 Å². The van der Waals surface area contributed by atoms with Crippen LogP contribution < -0.4 is 9.47 Å². The molecule has 3 rings (SSSR count). The van der Waals surface area contributed by atoms with Gasteiger partial charge in [-0.15, -0.1) is 0 Å². The highest BCUT2D eigenvalue weighted by atomic mass is 35.5. The summed E-state index contributed by atoms with van der Waals surface area (Å²) in [6.07, 6.45) is -4.86. The van der Waals surface area contributed by atoms with Crippen molar-refractivity contribution in [1.29, 1.82) is 0 Å². The van der Waals surface area contributed by atoms with Gasteiger partial charge in [0.15, 0.2) is 11.5 Å². The average molecular weight is 436 g/mol. The Morgan fingerprint density at radius 2 is 1.75 bits per heavy atom. The molecule has 0 bridgehead atoms. The molecule has 0 fully saturated rings. The molecule has 0 radical (unpaired) electrons.